The number of benzene rings is 2. The fourth-order valence-corrected chi connectivity index (χ4v) is 2.91. The molecule has 0 aliphatic carbocycles. The number of hydrogen-bond acceptors (Lipinski definition) is 3. The molecule has 3 rings (SSSR count). The molecule has 1 aromatic heterocycles. The quantitative estimate of drug-likeness (QED) is 0.722. The van der Waals surface area contributed by atoms with Gasteiger partial charge in [0, 0.05) is 16.4 Å². The number of amides is 1. The number of carbonyl (C=O) groups excluding carboxylic acids is 1. The van der Waals surface area contributed by atoms with Crippen LogP contribution in [0.25, 0.3) is 10.9 Å². The summed E-state index contributed by atoms with van der Waals surface area (Å²) in [6, 6.07) is 19.7. The summed E-state index contributed by atoms with van der Waals surface area (Å²) in [7, 11) is 1.91. The number of aromatic nitrogens is 1. The van der Waals surface area contributed by atoms with Crippen LogP contribution in [0.15, 0.2) is 65.1 Å². The average molecular weight is 384 g/mol. The number of hydrogen-bond donors (Lipinski definition) is 1. The lowest BCUT2D eigenvalue weighted by atomic mass is 10.2. The summed E-state index contributed by atoms with van der Waals surface area (Å²) in [5.74, 6) is -0.0508. The van der Waals surface area contributed by atoms with Crippen molar-refractivity contribution in [3.05, 3.63) is 70.8 Å². The minimum absolute atomic E-state index is 0.0508. The Labute approximate surface area is 149 Å². The standard InChI is InChI=1S/C19H18BrN3O/c1-23(13-19(24)22-18-9-5-3-7-16(18)20)12-15-11-10-14-6-2-4-8-17(14)21-15/h2-11H,12-13H2,1H3,(H,22,24). The van der Waals surface area contributed by atoms with E-state index in [-0.39, 0.29) is 5.91 Å². The normalized spacial score (nSPS) is 11.0. The van der Waals surface area contributed by atoms with Crippen LogP contribution in [0.2, 0.25) is 0 Å². The van der Waals surface area contributed by atoms with Crippen LogP contribution in [0, 0.1) is 0 Å². The number of pyridine rings is 1. The largest absolute Gasteiger partial charge is 0.324 e. The molecule has 4 nitrogen and oxygen atoms in total. The number of likely N-dealkylation sites (N-methyl/N-ethyl adjacent to an activating group) is 1. The Balaban J connectivity index is 1.61. The van der Waals surface area contributed by atoms with E-state index in [1.807, 2.05) is 66.5 Å². The van der Waals surface area contributed by atoms with E-state index in [1.165, 1.54) is 0 Å². The van der Waals surface area contributed by atoms with Gasteiger partial charge in [-0.2, -0.15) is 0 Å². The molecule has 0 aliphatic rings. The summed E-state index contributed by atoms with van der Waals surface area (Å²) in [5.41, 5.74) is 2.70. The van der Waals surface area contributed by atoms with E-state index in [4.69, 9.17) is 0 Å². The first kappa shape index (κ1) is 16.6. The van der Waals surface area contributed by atoms with Crippen molar-refractivity contribution in [1.82, 2.24) is 9.88 Å². The second-order valence-electron chi connectivity index (χ2n) is 5.70. The molecule has 1 amide bonds. The van der Waals surface area contributed by atoms with Gasteiger partial charge in [0.1, 0.15) is 0 Å². The van der Waals surface area contributed by atoms with Gasteiger partial charge in [-0.1, -0.05) is 36.4 Å². The maximum Gasteiger partial charge on any atom is 0.238 e. The van der Waals surface area contributed by atoms with E-state index in [1.54, 1.807) is 0 Å². The van der Waals surface area contributed by atoms with E-state index >= 15 is 0 Å². The number of rotatable bonds is 5. The van der Waals surface area contributed by atoms with Gasteiger partial charge in [0.25, 0.3) is 0 Å². The summed E-state index contributed by atoms with van der Waals surface area (Å²) in [6.07, 6.45) is 0. The highest BCUT2D eigenvalue weighted by molar-refractivity contribution is 9.10. The number of nitrogens with one attached hydrogen (secondary N) is 1. The summed E-state index contributed by atoms with van der Waals surface area (Å²) in [5, 5.41) is 4.03. The Hall–Kier alpha value is -2.24. The molecule has 0 saturated heterocycles. The zero-order chi connectivity index (χ0) is 16.9. The molecule has 0 aliphatic heterocycles. The topological polar surface area (TPSA) is 45.2 Å². The van der Waals surface area contributed by atoms with Crippen molar-refractivity contribution < 1.29 is 4.79 Å². The van der Waals surface area contributed by atoms with Crippen LogP contribution in [0.1, 0.15) is 5.69 Å². The van der Waals surface area contributed by atoms with Gasteiger partial charge >= 0.3 is 0 Å². The lowest BCUT2D eigenvalue weighted by Crippen LogP contribution is -2.30. The molecule has 3 aromatic rings. The van der Waals surface area contributed by atoms with Crippen LogP contribution in [0.3, 0.4) is 0 Å². The number of halogens is 1. The summed E-state index contributed by atoms with van der Waals surface area (Å²) < 4.78 is 0.872. The minimum atomic E-state index is -0.0508. The molecule has 2 aromatic carbocycles. The molecule has 0 bridgehead atoms. The van der Waals surface area contributed by atoms with E-state index in [0.29, 0.717) is 13.1 Å². The van der Waals surface area contributed by atoms with Crippen LogP contribution in [-0.4, -0.2) is 29.4 Å². The van der Waals surface area contributed by atoms with Gasteiger partial charge in [-0.3, -0.25) is 14.7 Å². The van der Waals surface area contributed by atoms with Crippen molar-refractivity contribution in [3.8, 4) is 0 Å². The molecular weight excluding hydrogens is 366 g/mol. The number of para-hydroxylation sites is 2. The Morgan fingerprint density at radius 2 is 1.83 bits per heavy atom. The average Bonchev–Trinajstić information content (AvgIpc) is 2.56. The molecular formula is C19H18BrN3O. The number of nitrogens with zero attached hydrogens (tertiary/aromatic N) is 2. The van der Waals surface area contributed by atoms with Gasteiger partial charge in [-0.05, 0) is 47.2 Å². The zero-order valence-electron chi connectivity index (χ0n) is 13.4. The van der Waals surface area contributed by atoms with Gasteiger partial charge in [0.2, 0.25) is 5.91 Å². The SMILES string of the molecule is CN(CC(=O)Nc1ccccc1Br)Cc1ccc2ccccc2n1. The first-order chi connectivity index (χ1) is 11.6. The third-order valence-electron chi connectivity index (χ3n) is 3.65. The maximum atomic E-state index is 12.2. The summed E-state index contributed by atoms with van der Waals surface area (Å²) in [4.78, 5) is 18.8. The first-order valence-corrected chi connectivity index (χ1v) is 8.49. The molecule has 0 spiro atoms. The minimum Gasteiger partial charge on any atom is -0.324 e. The molecule has 5 heteroatoms. The van der Waals surface area contributed by atoms with Crippen LogP contribution in [0.5, 0.6) is 0 Å². The highest BCUT2D eigenvalue weighted by atomic mass is 79.9. The smallest absolute Gasteiger partial charge is 0.238 e. The molecule has 0 unspecified atom stereocenters. The fourth-order valence-electron chi connectivity index (χ4n) is 2.53. The Morgan fingerprint density at radius 3 is 2.67 bits per heavy atom. The summed E-state index contributed by atoms with van der Waals surface area (Å²) in [6.45, 7) is 0.921. The molecule has 0 radical (unpaired) electrons. The second kappa shape index (κ2) is 7.55. The first-order valence-electron chi connectivity index (χ1n) is 7.69. The molecule has 0 atom stereocenters. The highest BCUT2D eigenvalue weighted by Crippen LogP contribution is 2.21. The fraction of sp³-hybridized carbons (Fsp3) is 0.158. The van der Waals surface area contributed by atoms with E-state index in [9.17, 15) is 4.79 Å². The lowest BCUT2D eigenvalue weighted by molar-refractivity contribution is -0.117. The maximum absolute atomic E-state index is 12.2. The predicted molar refractivity (Wildman–Crippen MR) is 101 cm³/mol. The Kier molecular flexibility index (Phi) is 5.23. The second-order valence-corrected chi connectivity index (χ2v) is 6.55. The van der Waals surface area contributed by atoms with E-state index in [2.05, 4.69) is 32.3 Å². The molecule has 0 saturated carbocycles. The van der Waals surface area contributed by atoms with Crippen LogP contribution in [-0.2, 0) is 11.3 Å². The third-order valence-corrected chi connectivity index (χ3v) is 4.34. The van der Waals surface area contributed by atoms with Crippen LogP contribution >= 0.6 is 15.9 Å². The van der Waals surface area contributed by atoms with Crippen molar-refractivity contribution in [3.63, 3.8) is 0 Å². The van der Waals surface area contributed by atoms with Crippen molar-refractivity contribution in [2.45, 2.75) is 6.54 Å². The van der Waals surface area contributed by atoms with Gasteiger partial charge < -0.3 is 5.32 Å². The number of carbonyl (C=O) groups is 1. The monoisotopic (exact) mass is 383 g/mol. The number of anilines is 1. The molecule has 24 heavy (non-hydrogen) atoms. The Bertz CT molecular complexity index is 866. The number of fused-ring (bicyclic) bond motifs is 1. The highest BCUT2D eigenvalue weighted by Gasteiger charge is 2.10. The zero-order valence-corrected chi connectivity index (χ0v) is 15.0. The van der Waals surface area contributed by atoms with Gasteiger partial charge in [0.05, 0.1) is 23.4 Å². The van der Waals surface area contributed by atoms with Crippen LogP contribution in [0.4, 0.5) is 5.69 Å². The van der Waals surface area contributed by atoms with Crippen molar-refractivity contribution in [2.75, 3.05) is 18.9 Å². The van der Waals surface area contributed by atoms with Crippen LogP contribution < -0.4 is 5.32 Å². The summed E-state index contributed by atoms with van der Waals surface area (Å²) >= 11 is 3.43. The van der Waals surface area contributed by atoms with Gasteiger partial charge in [-0.15, -0.1) is 0 Å². The van der Waals surface area contributed by atoms with Gasteiger partial charge in [-0.25, -0.2) is 0 Å². The third kappa shape index (κ3) is 4.19. The molecule has 1 heterocycles. The van der Waals surface area contributed by atoms with E-state index in [0.717, 1.165) is 26.8 Å². The van der Waals surface area contributed by atoms with Crippen molar-refractivity contribution >= 4 is 38.4 Å². The van der Waals surface area contributed by atoms with Crippen molar-refractivity contribution in [1.29, 1.82) is 0 Å². The van der Waals surface area contributed by atoms with Crippen molar-refractivity contribution in [2.24, 2.45) is 0 Å². The molecule has 122 valence electrons. The molecule has 1 N–H and O–H groups in total. The predicted octanol–water partition coefficient (Wildman–Crippen LogP) is 4.07. The molecule has 0 fully saturated rings. The van der Waals surface area contributed by atoms with Gasteiger partial charge in [0.15, 0.2) is 0 Å². The lowest BCUT2D eigenvalue weighted by Gasteiger charge is -2.16. The Morgan fingerprint density at radius 1 is 1.08 bits per heavy atom. The van der Waals surface area contributed by atoms with E-state index < -0.39 is 0 Å².